The molecule has 0 aliphatic carbocycles. The Morgan fingerprint density at radius 3 is 1.66 bits per heavy atom. The van der Waals surface area contributed by atoms with Crippen molar-refractivity contribution in [3.8, 4) is 11.5 Å². The maximum atomic E-state index is 13.8. The topological polar surface area (TPSA) is 129 Å². The highest BCUT2D eigenvalue weighted by molar-refractivity contribution is 7.49. The van der Waals surface area contributed by atoms with Crippen molar-refractivity contribution in [3.63, 3.8) is 0 Å². The SMILES string of the molecule is CC(C)C[C@H](NC(=O)OCc1ccccc1)C(=O)N[C@@H](Cc1ccccc1)C(=O)COP(=O)(Oc1ccccc1)Oc1ccccc1. The van der Waals surface area contributed by atoms with Crippen LogP contribution in [0, 0.1) is 5.92 Å². The van der Waals surface area contributed by atoms with Gasteiger partial charge in [-0.2, -0.15) is 0 Å². The summed E-state index contributed by atoms with van der Waals surface area (Å²) in [6, 6.07) is 32.8. The molecule has 0 fully saturated rings. The summed E-state index contributed by atoms with van der Waals surface area (Å²) >= 11 is 0. The highest BCUT2D eigenvalue weighted by atomic mass is 31.2. The van der Waals surface area contributed by atoms with Crippen molar-refractivity contribution in [2.45, 2.75) is 45.4 Å². The Hall–Kier alpha value is -4.92. The summed E-state index contributed by atoms with van der Waals surface area (Å²) in [4.78, 5) is 40.0. The number of phosphoric ester groups is 1. The zero-order valence-corrected chi connectivity index (χ0v) is 27.2. The zero-order valence-electron chi connectivity index (χ0n) is 26.3. The lowest BCUT2D eigenvalue weighted by atomic mass is 10.00. The average Bonchev–Trinajstić information content (AvgIpc) is 3.07. The fourth-order valence-electron chi connectivity index (χ4n) is 4.51. The number of benzene rings is 4. The van der Waals surface area contributed by atoms with Crippen LogP contribution in [0.2, 0.25) is 0 Å². The summed E-state index contributed by atoms with van der Waals surface area (Å²) in [5.41, 5.74) is 1.57. The van der Waals surface area contributed by atoms with Crippen LogP contribution >= 0.6 is 7.82 Å². The lowest BCUT2D eigenvalue weighted by Crippen LogP contribution is -2.53. The smallest absolute Gasteiger partial charge is 0.445 e. The van der Waals surface area contributed by atoms with Crippen LogP contribution in [-0.4, -0.2) is 36.5 Å². The first-order chi connectivity index (χ1) is 22.7. The van der Waals surface area contributed by atoms with Crippen molar-refractivity contribution in [2.24, 2.45) is 5.92 Å². The second-order valence-electron chi connectivity index (χ2n) is 11.1. The van der Waals surface area contributed by atoms with Gasteiger partial charge in [-0.25, -0.2) is 9.36 Å². The highest BCUT2D eigenvalue weighted by Gasteiger charge is 2.34. The van der Waals surface area contributed by atoms with E-state index in [4.69, 9.17) is 18.3 Å². The minimum Gasteiger partial charge on any atom is -0.445 e. The van der Waals surface area contributed by atoms with Crippen molar-refractivity contribution in [1.82, 2.24) is 10.6 Å². The number of phosphoric acid groups is 1. The van der Waals surface area contributed by atoms with E-state index < -0.39 is 44.3 Å². The van der Waals surface area contributed by atoms with Crippen LogP contribution < -0.4 is 19.7 Å². The first kappa shape index (κ1) is 34.9. The van der Waals surface area contributed by atoms with Gasteiger partial charge < -0.3 is 24.4 Å². The van der Waals surface area contributed by atoms with E-state index in [0.717, 1.165) is 11.1 Å². The fraction of sp³-hybridized carbons (Fsp3) is 0.250. The second kappa shape index (κ2) is 17.7. The normalized spacial score (nSPS) is 12.4. The Kier molecular flexibility index (Phi) is 13.2. The molecule has 10 nitrogen and oxygen atoms in total. The van der Waals surface area contributed by atoms with E-state index in [2.05, 4.69) is 10.6 Å². The molecule has 0 aromatic heterocycles. The lowest BCUT2D eigenvalue weighted by molar-refractivity contribution is -0.130. The Morgan fingerprint density at radius 2 is 1.15 bits per heavy atom. The molecule has 11 heteroatoms. The molecule has 0 heterocycles. The third-order valence-electron chi connectivity index (χ3n) is 6.80. The molecule has 0 saturated heterocycles. The van der Waals surface area contributed by atoms with Crippen LogP contribution in [0.3, 0.4) is 0 Å². The summed E-state index contributed by atoms with van der Waals surface area (Å²) in [6.07, 6.45) is -0.355. The number of Topliss-reactive ketones (excluding diaryl/α,β-unsaturated/α-hetero) is 1. The molecule has 2 atom stereocenters. The van der Waals surface area contributed by atoms with E-state index in [0.29, 0.717) is 6.42 Å². The minimum atomic E-state index is -4.37. The Labute approximate surface area is 275 Å². The summed E-state index contributed by atoms with van der Waals surface area (Å²) in [5, 5.41) is 5.41. The molecule has 0 unspecified atom stereocenters. The molecule has 246 valence electrons. The van der Waals surface area contributed by atoms with Gasteiger partial charge >= 0.3 is 13.9 Å². The van der Waals surface area contributed by atoms with Crippen molar-refractivity contribution >= 4 is 25.6 Å². The van der Waals surface area contributed by atoms with Crippen molar-refractivity contribution in [3.05, 3.63) is 132 Å². The van der Waals surface area contributed by atoms with Gasteiger partial charge in [0.25, 0.3) is 0 Å². The van der Waals surface area contributed by atoms with Gasteiger partial charge in [0.05, 0.1) is 6.04 Å². The molecule has 2 N–H and O–H groups in total. The van der Waals surface area contributed by atoms with E-state index in [-0.39, 0.29) is 30.4 Å². The van der Waals surface area contributed by atoms with Crippen LogP contribution in [-0.2, 0) is 36.4 Å². The monoisotopic (exact) mass is 658 g/mol. The molecule has 0 bridgehead atoms. The van der Waals surface area contributed by atoms with Gasteiger partial charge in [-0.3, -0.25) is 14.1 Å². The zero-order chi connectivity index (χ0) is 33.5. The van der Waals surface area contributed by atoms with Crippen molar-refractivity contribution < 1.29 is 37.3 Å². The molecule has 47 heavy (non-hydrogen) atoms. The molecule has 2 amide bonds. The van der Waals surface area contributed by atoms with E-state index in [1.807, 2.05) is 74.5 Å². The largest absolute Gasteiger partial charge is 0.588 e. The van der Waals surface area contributed by atoms with Crippen LogP contribution in [0.15, 0.2) is 121 Å². The Bertz CT molecular complexity index is 1560. The molecule has 0 radical (unpaired) electrons. The van der Waals surface area contributed by atoms with Gasteiger partial charge in [0.2, 0.25) is 5.91 Å². The molecular formula is C36H39N2O8P. The first-order valence-electron chi connectivity index (χ1n) is 15.3. The lowest BCUT2D eigenvalue weighted by Gasteiger charge is -2.24. The maximum absolute atomic E-state index is 13.8. The van der Waals surface area contributed by atoms with E-state index in [1.165, 1.54) is 0 Å². The number of carbonyl (C=O) groups excluding carboxylic acids is 3. The van der Waals surface area contributed by atoms with Crippen LogP contribution in [0.4, 0.5) is 4.79 Å². The van der Waals surface area contributed by atoms with Crippen LogP contribution in [0.5, 0.6) is 11.5 Å². The number of amides is 2. The summed E-state index contributed by atoms with van der Waals surface area (Å²) < 4.78 is 36.0. The van der Waals surface area contributed by atoms with Crippen molar-refractivity contribution in [2.75, 3.05) is 6.61 Å². The molecule has 4 rings (SSSR count). The first-order valence-corrected chi connectivity index (χ1v) is 16.7. The number of hydrogen-bond acceptors (Lipinski definition) is 8. The van der Waals surface area contributed by atoms with Gasteiger partial charge in [0.15, 0.2) is 5.78 Å². The van der Waals surface area contributed by atoms with E-state index in [1.54, 1.807) is 60.7 Å². The number of alkyl carbamates (subject to hydrolysis) is 1. The molecule has 0 aliphatic rings. The number of nitrogens with one attached hydrogen (secondary N) is 2. The fourth-order valence-corrected chi connectivity index (χ4v) is 5.70. The summed E-state index contributed by atoms with van der Waals surface area (Å²) in [6.45, 7) is 3.16. The molecular weight excluding hydrogens is 619 g/mol. The molecule has 0 spiro atoms. The van der Waals surface area contributed by atoms with Gasteiger partial charge in [-0.1, -0.05) is 111 Å². The third kappa shape index (κ3) is 12.1. The minimum absolute atomic E-state index is 0.0305. The van der Waals surface area contributed by atoms with Gasteiger partial charge in [0.1, 0.15) is 30.8 Å². The predicted octanol–water partition coefficient (Wildman–Crippen LogP) is 6.91. The Morgan fingerprint density at radius 1 is 0.660 bits per heavy atom. The number of ether oxygens (including phenoxy) is 1. The van der Waals surface area contributed by atoms with Crippen molar-refractivity contribution in [1.29, 1.82) is 0 Å². The van der Waals surface area contributed by atoms with Gasteiger partial charge in [-0.15, -0.1) is 0 Å². The predicted molar refractivity (Wildman–Crippen MR) is 178 cm³/mol. The van der Waals surface area contributed by atoms with E-state index in [9.17, 15) is 18.9 Å². The molecule has 4 aromatic carbocycles. The summed E-state index contributed by atoms with van der Waals surface area (Å²) in [7, 11) is -4.37. The molecule has 4 aromatic rings. The maximum Gasteiger partial charge on any atom is 0.588 e. The number of hydrogen-bond donors (Lipinski definition) is 2. The highest BCUT2D eigenvalue weighted by Crippen LogP contribution is 2.49. The Balaban J connectivity index is 1.48. The number of ketones is 1. The number of para-hydroxylation sites is 2. The summed E-state index contributed by atoms with van der Waals surface area (Å²) in [5.74, 6) is -0.687. The van der Waals surface area contributed by atoms with Gasteiger partial charge in [0, 0.05) is 0 Å². The molecule has 0 saturated carbocycles. The molecule has 0 aliphatic heterocycles. The van der Waals surface area contributed by atoms with Crippen LogP contribution in [0.25, 0.3) is 0 Å². The van der Waals surface area contributed by atoms with E-state index >= 15 is 0 Å². The second-order valence-corrected chi connectivity index (χ2v) is 12.7. The average molecular weight is 659 g/mol. The third-order valence-corrected chi connectivity index (χ3v) is 8.12. The quantitative estimate of drug-likeness (QED) is 0.117. The number of carbonyl (C=O) groups is 3. The standard InChI is InChI=1S/C36H39N2O8P/c1-27(2)23-33(38-36(41)43-25-29-17-9-4-10-18-29)35(40)37-32(24-28-15-7-3-8-16-28)34(39)26-44-47(42,45-30-19-11-5-12-20-30)46-31-21-13-6-14-22-31/h3-22,27,32-33H,23-26H2,1-2H3,(H,37,40)(H,38,41)/t32-,33-/m0/s1. The van der Waals surface area contributed by atoms with Crippen LogP contribution in [0.1, 0.15) is 31.4 Å². The van der Waals surface area contributed by atoms with Gasteiger partial charge in [-0.05, 0) is 54.2 Å². The number of rotatable bonds is 17.